The van der Waals surface area contributed by atoms with Gasteiger partial charge < -0.3 is 10.1 Å². The molecule has 0 heterocycles. The predicted molar refractivity (Wildman–Crippen MR) is 86.9 cm³/mol. The number of ether oxygens (including phenoxy) is 1. The van der Waals surface area contributed by atoms with Crippen molar-refractivity contribution in [2.24, 2.45) is 0 Å². The number of rotatable bonds is 7. The lowest BCUT2D eigenvalue weighted by atomic mass is 10.1. The highest BCUT2D eigenvalue weighted by atomic mass is 79.9. The average molecular weight is 352 g/mol. The van der Waals surface area contributed by atoms with Gasteiger partial charge in [0.15, 0.2) is 11.6 Å². The van der Waals surface area contributed by atoms with Gasteiger partial charge in [-0.15, -0.1) is 0 Å². The van der Waals surface area contributed by atoms with E-state index in [0.29, 0.717) is 6.61 Å². The van der Waals surface area contributed by atoms with Crippen LogP contribution in [0.15, 0.2) is 46.9 Å². The summed E-state index contributed by atoms with van der Waals surface area (Å²) in [6.45, 7) is 4.28. The van der Waals surface area contributed by atoms with Crippen LogP contribution in [-0.2, 0) is 13.2 Å². The predicted octanol–water partition coefficient (Wildman–Crippen LogP) is 4.67. The lowest BCUT2D eigenvalue weighted by Gasteiger charge is -2.12. The zero-order valence-corrected chi connectivity index (χ0v) is 13.6. The van der Waals surface area contributed by atoms with Crippen molar-refractivity contribution in [3.8, 4) is 5.75 Å². The number of hydrogen-bond acceptors (Lipinski definition) is 2. The van der Waals surface area contributed by atoms with Crippen LogP contribution in [0.3, 0.4) is 0 Å². The first-order valence-electron chi connectivity index (χ1n) is 7.06. The molecule has 0 aromatic heterocycles. The van der Waals surface area contributed by atoms with Crippen LogP contribution in [0.1, 0.15) is 24.5 Å². The minimum atomic E-state index is -0.347. The zero-order valence-electron chi connectivity index (χ0n) is 12.0. The Morgan fingerprint density at radius 3 is 2.67 bits per heavy atom. The van der Waals surface area contributed by atoms with Crippen LogP contribution in [0.5, 0.6) is 5.75 Å². The normalized spacial score (nSPS) is 10.6. The molecule has 0 aliphatic heterocycles. The van der Waals surface area contributed by atoms with E-state index in [9.17, 15) is 4.39 Å². The van der Waals surface area contributed by atoms with Gasteiger partial charge in [-0.1, -0.05) is 47.1 Å². The summed E-state index contributed by atoms with van der Waals surface area (Å²) in [5.41, 5.74) is 2.25. The van der Waals surface area contributed by atoms with Gasteiger partial charge in [0.05, 0.1) is 0 Å². The summed E-state index contributed by atoms with van der Waals surface area (Å²) in [4.78, 5) is 0. The minimum Gasteiger partial charge on any atom is -0.486 e. The summed E-state index contributed by atoms with van der Waals surface area (Å²) in [7, 11) is 0. The monoisotopic (exact) mass is 351 g/mol. The topological polar surface area (TPSA) is 21.3 Å². The zero-order chi connectivity index (χ0) is 15.1. The fourth-order valence-corrected chi connectivity index (χ4v) is 2.35. The fourth-order valence-electron chi connectivity index (χ4n) is 2.01. The molecule has 4 heteroatoms. The van der Waals surface area contributed by atoms with Crippen LogP contribution in [0, 0.1) is 5.82 Å². The largest absolute Gasteiger partial charge is 0.486 e. The average Bonchev–Trinajstić information content (AvgIpc) is 2.49. The Morgan fingerprint density at radius 2 is 1.90 bits per heavy atom. The maximum atomic E-state index is 13.7. The first-order valence-corrected chi connectivity index (χ1v) is 7.85. The van der Waals surface area contributed by atoms with E-state index in [0.717, 1.165) is 29.5 Å². The number of halogens is 2. The maximum Gasteiger partial charge on any atom is 0.165 e. The van der Waals surface area contributed by atoms with Crippen LogP contribution in [0.4, 0.5) is 4.39 Å². The summed E-state index contributed by atoms with van der Waals surface area (Å²) in [5.74, 6) is -0.0829. The van der Waals surface area contributed by atoms with Crippen molar-refractivity contribution in [2.75, 3.05) is 6.54 Å². The van der Waals surface area contributed by atoms with E-state index in [-0.39, 0.29) is 11.6 Å². The smallest absolute Gasteiger partial charge is 0.165 e. The molecule has 0 spiro atoms. The van der Waals surface area contributed by atoms with E-state index >= 15 is 0 Å². The van der Waals surface area contributed by atoms with Gasteiger partial charge in [-0.25, -0.2) is 4.39 Å². The van der Waals surface area contributed by atoms with Gasteiger partial charge in [0.1, 0.15) is 6.61 Å². The number of benzene rings is 2. The maximum absolute atomic E-state index is 13.7. The van der Waals surface area contributed by atoms with Crippen LogP contribution in [0.25, 0.3) is 0 Å². The van der Waals surface area contributed by atoms with Gasteiger partial charge in [-0.2, -0.15) is 0 Å². The molecule has 0 unspecified atom stereocenters. The highest BCUT2D eigenvalue weighted by molar-refractivity contribution is 9.10. The van der Waals surface area contributed by atoms with Crippen LogP contribution in [-0.4, -0.2) is 6.54 Å². The third kappa shape index (κ3) is 4.83. The second-order valence-corrected chi connectivity index (χ2v) is 5.72. The molecule has 0 radical (unpaired) electrons. The SMILES string of the molecule is CCCNCc1ccccc1COc1cc(Br)ccc1F. The Bertz CT molecular complexity index is 589. The van der Waals surface area contributed by atoms with Gasteiger partial charge in [-0.3, -0.25) is 0 Å². The molecule has 1 N–H and O–H groups in total. The highest BCUT2D eigenvalue weighted by Gasteiger charge is 2.06. The van der Waals surface area contributed by atoms with Gasteiger partial charge in [0, 0.05) is 11.0 Å². The van der Waals surface area contributed by atoms with Crippen molar-refractivity contribution in [3.63, 3.8) is 0 Å². The van der Waals surface area contributed by atoms with Crippen molar-refractivity contribution in [1.82, 2.24) is 5.32 Å². The second-order valence-electron chi connectivity index (χ2n) is 4.81. The molecule has 0 atom stereocenters. The highest BCUT2D eigenvalue weighted by Crippen LogP contribution is 2.23. The third-order valence-electron chi connectivity index (χ3n) is 3.14. The molecule has 2 aromatic rings. The molecule has 0 aliphatic rings. The fraction of sp³-hybridized carbons (Fsp3) is 0.294. The molecule has 0 saturated heterocycles. The van der Waals surface area contributed by atoms with E-state index in [1.165, 1.54) is 11.6 Å². The van der Waals surface area contributed by atoms with E-state index in [1.807, 2.05) is 18.2 Å². The Kier molecular flexibility index (Phi) is 6.21. The quantitative estimate of drug-likeness (QED) is 0.732. The standard InChI is InChI=1S/C17H19BrFNO/c1-2-9-20-11-13-5-3-4-6-14(13)12-21-17-10-15(18)7-8-16(17)19/h3-8,10,20H,2,9,11-12H2,1H3. The Labute approximate surface area is 133 Å². The summed E-state index contributed by atoms with van der Waals surface area (Å²) in [6.07, 6.45) is 1.10. The van der Waals surface area contributed by atoms with E-state index < -0.39 is 0 Å². The molecule has 2 aromatic carbocycles. The van der Waals surface area contributed by atoms with Gasteiger partial charge in [0.2, 0.25) is 0 Å². The molecular weight excluding hydrogens is 333 g/mol. The summed E-state index contributed by atoms with van der Waals surface area (Å²) in [5, 5.41) is 3.37. The number of nitrogens with one attached hydrogen (secondary N) is 1. The molecule has 0 amide bonds. The van der Waals surface area contributed by atoms with Gasteiger partial charge in [0.25, 0.3) is 0 Å². The lowest BCUT2D eigenvalue weighted by Crippen LogP contribution is -2.15. The van der Waals surface area contributed by atoms with Crippen LogP contribution >= 0.6 is 15.9 Å². The Morgan fingerprint density at radius 1 is 1.14 bits per heavy atom. The number of hydrogen-bond donors (Lipinski definition) is 1. The molecule has 112 valence electrons. The molecular formula is C17H19BrFNO. The first kappa shape index (κ1) is 16.0. The Hall–Kier alpha value is -1.39. The Balaban J connectivity index is 2.04. The second kappa shape index (κ2) is 8.15. The molecule has 0 aliphatic carbocycles. The molecule has 21 heavy (non-hydrogen) atoms. The lowest BCUT2D eigenvalue weighted by molar-refractivity contribution is 0.288. The molecule has 2 nitrogen and oxygen atoms in total. The molecule has 0 fully saturated rings. The minimum absolute atomic E-state index is 0.265. The van der Waals surface area contributed by atoms with E-state index in [4.69, 9.17) is 4.74 Å². The summed E-state index contributed by atoms with van der Waals surface area (Å²) >= 11 is 3.32. The first-order chi connectivity index (χ1) is 10.2. The van der Waals surface area contributed by atoms with E-state index in [1.54, 1.807) is 12.1 Å². The van der Waals surface area contributed by atoms with Crippen LogP contribution in [0.2, 0.25) is 0 Å². The summed E-state index contributed by atoms with van der Waals surface area (Å²) in [6, 6.07) is 12.8. The third-order valence-corrected chi connectivity index (χ3v) is 3.63. The van der Waals surface area contributed by atoms with Crippen molar-refractivity contribution in [2.45, 2.75) is 26.5 Å². The van der Waals surface area contributed by atoms with Crippen molar-refractivity contribution < 1.29 is 9.13 Å². The molecule has 0 saturated carbocycles. The van der Waals surface area contributed by atoms with Gasteiger partial charge >= 0.3 is 0 Å². The van der Waals surface area contributed by atoms with Crippen molar-refractivity contribution in [1.29, 1.82) is 0 Å². The van der Waals surface area contributed by atoms with E-state index in [2.05, 4.69) is 34.2 Å². The van der Waals surface area contributed by atoms with Gasteiger partial charge in [-0.05, 0) is 42.3 Å². The summed E-state index contributed by atoms with van der Waals surface area (Å²) < 4.78 is 20.1. The molecule has 0 bridgehead atoms. The van der Waals surface area contributed by atoms with Crippen molar-refractivity contribution in [3.05, 3.63) is 63.9 Å². The van der Waals surface area contributed by atoms with Crippen molar-refractivity contribution >= 4 is 15.9 Å². The molecule has 2 rings (SSSR count). The van der Waals surface area contributed by atoms with Crippen LogP contribution < -0.4 is 10.1 Å².